The van der Waals surface area contributed by atoms with Gasteiger partial charge in [-0.05, 0) is 31.2 Å². The highest BCUT2D eigenvalue weighted by atomic mass is 32.2. The lowest BCUT2D eigenvalue weighted by molar-refractivity contribution is -0.151. The number of carbonyl (C=O) groups excluding carboxylic acids is 3. The van der Waals surface area contributed by atoms with Crippen LogP contribution in [-0.2, 0) is 25.7 Å². The number of hydrogen-bond donors (Lipinski definition) is 3. The molecular weight excluding hydrogens is 677 g/mol. The number of para-hydroxylation sites is 1. The number of aromatic carboxylic acids is 1. The van der Waals surface area contributed by atoms with E-state index in [1.807, 2.05) is 0 Å². The zero-order valence-corrected chi connectivity index (χ0v) is 27.5. The molecule has 3 amide bonds. The molecule has 2 saturated heterocycles. The molecule has 4 heterocycles. The van der Waals surface area contributed by atoms with Crippen LogP contribution in [0.4, 0.5) is 14.9 Å². The number of carboxylic acid groups (broad SMARTS) is 2. The van der Waals surface area contributed by atoms with Gasteiger partial charge in [0.1, 0.15) is 40.8 Å². The molecular formula is C33H32FN5O10S. The molecule has 3 N–H and O–H groups in total. The third-order valence-corrected chi connectivity index (χ3v) is 9.99. The number of β-lactam (4-membered cyclic amide) rings is 1. The molecule has 3 aliphatic rings. The number of carboxylic acids is 2. The third kappa shape index (κ3) is 6.55. The quantitative estimate of drug-likeness (QED) is 0.260. The predicted octanol–water partition coefficient (Wildman–Crippen LogP) is 1.93. The van der Waals surface area contributed by atoms with Gasteiger partial charge >= 0.3 is 18.0 Å². The molecule has 0 spiro atoms. The average Bonchev–Trinajstić information content (AvgIpc) is 3.12. The number of rotatable bonds is 10. The minimum Gasteiger partial charge on any atom is -0.484 e. The number of benzene rings is 2. The largest absolute Gasteiger partial charge is 0.484 e. The summed E-state index contributed by atoms with van der Waals surface area (Å²) in [4.78, 5) is 79.0. The van der Waals surface area contributed by atoms with E-state index in [2.05, 4.69) is 5.32 Å². The maximum atomic E-state index is 15.3. The summed E-state index contributed by atoms with van der Waals surface area (Å²) in [6.45, 7) is 2.14. The number of halogens is 1. The van der Waals surface area contributed by atoms with Crippen molar-refractivity contribution in [1.82, 2.24) is 19.7 Å². The summed E-state index contributed by atoms with van der Waals surface area (Å²) in [5, 5.41) is 21.2. The Balaban J connectivity index is 1.06. The van der Waals surface area contributed by atoms with Crippen molar-refractivity contribution < 1.29 is 48.0 Å². The normalized spacial score (nSPS) is 18.8. The summed E-state index contributed by atoms with van der Waals surface area (Å²) >= 11 is 1.23. The first-order chi connectivity index (χ1) is 24.0. The van der Waals surface area contributed by atoms with Crippen molar-refractivity contribution in [3.63, 3.8) is 0 Å². The number of pyridine rings is 1. The number of aliphatic carboxylic acids is 1. The molecule has 0 saturated carbocycles. The van der Waals surface area contributed by atoms with Crippen molar-refractivity contribution >= 4 is 58.2 Å². The van der Waals surface area contributed by atoms with Gasteiger partial charge in [0.15, 0.2) is 6.61 Å². The smallest absolute Gasteiger partial charge is 0.410 e. The Bertz CT molecular complexity index is 1980. The van der Waals surface area contributed by atoms with Gasteiger partial charge in [-0.15, -0.1) is 11.8 Å². The lowest BCUT2D eigenvalue weighted by Crippen LogP contribution is -2.71. The molecule has 262 valence electrons. The Morgan fingerprint density at radius 1 is 1.02 bits per heavy atom. The first-order valence-electron chi connectivity index (χ1n) is 15.6. The van der Waals surface area contributed by atoms with Crippen LogP contribution < -0.4 is 20.4 Å². The monoisotopic (exact) mass is 709 g/mol. The summed E-state index contributed by atoms with van der Waals surface area (Å²) in [5.41, 5.74) is -0.734. The number of fused-ring (bicyclic) bond motifs is 2. The Kier molecular flexibility index (Phi) is 9.67. The molecule has 0 aliphatic carbocycles. The molecule has 50 heavy (non-hydrogen) atoms. The van der Waals surface area contributed by atoms with E-state index < -0.39 is 58.1 Å². The summed E-state index contributed by atoms with van der Waals surface area (Å²) in [7, 11) is 0. The Morgan fingerprint density at radius 3 is 2.40 bits per heavy atom. The van der Waals surface area contributed by atoms with E-state index in [1.54, 1.807) is 46.7 Å². The van der Waals surface area contributed by atoms with Gasteiger partial charge in [-0.25, -0.2) is 18.8 Å². The van der Waals surface area contributed by atoms with Gasteiger partial charge < -0.3 is 39.4 Å². The van der Waals surface area contributed by atoms with Gasteiger partial charge in [0.25, 0.3) is 11.8 Å². The van der Waals surface area contributed by atoms with Crippen LogP contribution >= 0.6 is 11.8 Å². The van der Waals surface area contributed by atoms with Gasteiger partial charge in [-0.1, -0.05) is 18.2 Å². The van der Waals surface area contributed by atoms with Gasteiger partial charge in [0.2, 0.25) is 5.43 Å². The molecule has 2 fully saturated rings. The Hall–Kier alpha value is -5.58. The lowest BCUT2D eigenvalue weighted by Gasteiger charge is -2.49. The van der Waals surface area contributed by atoms with Crippen molar-refractivity contribution in [3.8, 4) is 5.75 Å². The average molecular weight is 710 g/mol. The van der Waals surface area contributed by atoms with Crippen LogP contribution in [-0.4, -0.2) is 111 Å². The van der Waals surface area contributed by atoms with Crippen LogP contribution in [0, 0.1) is 5.82 Å². The molecule has 6 rings (SSSR count). The second kappa shape index (κ2) is 14.1. The SMILES string of the molecule is CCn1cc(C(=O)O)c(=O)c2cc(F)c(N3CCN(C(=O)OCC4=C(C(=O)O)N5C(=O)[C@H](NC(=O)COc6ccccc6)[C@@H]5SC4)CC3)cc21. The number of carbonyl (C=O) groups is 5. The van der Waals surface area contributed by atoms with Crippen LogP contribution in [0.3, 0.4) is 0 Å². The van der Waals surface area contributed by atoms with E-state index in [9.17, 15) is 39.0 Å². The standard InChI is InChI=1S/C33H32FN5O10S/c1-2-36-14-21(31(43)44)28(41)20-12-22(34)24(13-23(20)36)37-8-10-38(11-9-37)33(47)49-15-18-17-50-30-26(29(42)39(30)27(18)32(45)46)35-25(40)16-48-19-6-4-3-5-7-19/h3-7,12-14,26,30H,2,8-11,15-17H2,1H3,(H,35,40)(H,43,44)(H,45,46)/t26-,30-/m0/s1. The molecule has 2 atom stereocenters. The third-order valence-electron chi connectivity index (χ3n) is 8.65. The minimum atomic E-state index is -1.40. The lowest BCUT2D eigenvalue weighted by atomic mass is 10.0. The van der Waals surface area contributed by atoms with E-state index in [4.69, 9.17) is 9.47 Å². The number of hydrogen-bond acceptors (Lipinski definition) is 10. The summed E-state index contributed by atoms with van der Waals surface area (Å²) in [5.74, 6) is -4.00. The van der Waals surface area contributed by atoms with Crippen LogP contribution in [0.25, 0.3) is 10.9 Å². The highest BCUT2D eigenvalue weighted by molar-refractivity contribution is 8.00. The number of nitrogens with one attached hydrogen (secondary N) is 1. The number of nitrogens with zero attached hydrogens (tertiary/aromatic N) is 4. The summed E-state index contributed by atoms with van der Waals surface area (Å²) in [6.07, 6.45) is 0.517. The van der Waals surface area contributed by atoms with Gasteiger partial charge in [0, 0.05) is 55.6 Å². The molecule has 1 aromatic heterocycles. The number of aryl methyl sites for hydroxylation is 1. The maximum absolute atomic E-state index is 15.3. The van der Waals surface area contributed by atoms with Crippen LogP contribution in [0.1, 0.15) is 17.3 Å². The molecule has 3 aliphatic heterocycles. The first kappa shape index (κ1) is 34.3. The van der Waals surface area contributed by atoms with E-state index >= 15 is 4.39 Å². The fourth-order valence-corrected chi connectivity index (χ4v) is 7.43. The van der Waals surface area contributed by atoms with E-state index in [0.717, 1.165) is 11.0 Å². The van der Waals surface area contributed by atoms with Crippen LogP contribution in [0.15, 0.2) is 64.7 Å². The zero-order chi connectivity index (χ0) is 35.7. The maximum Gasteiger partial charge on any atom is 0.410 e. The van der Waals surface area contributed by atoms with Crippen LogP contribution in [0.5, 0.6) is 5.75 Å². The molecule has 2 aromatic carbocycles. The number of thioether (sulfide) groups is 1. The van der Waals surface area contributed by atoms with Crippen molar-refractivity contribution in [3.05, 3.63) is 81.5 Å². The number of anilines is 1. The van der Waals surface area contributed by atoms with E-state index in [0.29, 0.717) is 17.8 Å². The second-order valence-electron chi connectivity index (χ2n) is 11.6. The Morgan fingerprint density at radius 2 is 1.74 bits per heavy atom. The fraction of sp³-hybridized carbons (Fsp3) is 0.333. The molecule has 3 aromatic rings. The summed E-state index contributed by atoms with van der Waals surface area (Å²) < 4.78 is 27.7. The topological polar surface area (TPSA) is 188 Å². The van der Waals surface area contributed by atoms with E-state index in [-0.39, 0.29) is 67.5 Å². The highest BCUT2D eigenvalue weighted by Crippen LogP contribution is 2.40. The van der Waals surface area contributed by atoms with Crippen molar-refractivity contribution in [2.75, 3.05) is 50.0 Å². The highest BCUT2D eigenvalue weighted by Gasteiger charge is 2.54. The van der Waals surface area contributed by atoms with E-state index in [1.165, 1.54) is 28.9 Å². The van der Waals surface area contributed by atoms with Crippen molar-refractivity contribution in [2.24, 2.45) is 0 Å². The Labute approximate surface area is 287 Å². The summed E-state index contributed by atoms with van der Waals surface area (Å²) in [6, 6.07) is 10.2. The molecule has 15 nitrogen and oxygen atoms in total. The van der Waals surface area contributed by atoms with Gasteiger partial charge in [-0.2, -0.15) is 0 Å². The van der Waals surface area contributed by atoms with Crippen molar-refractivity contribution in [2.45, 2.75) is 24.9 Å². The molecule has 0 unspecified atom stereocenters. The number of ether oxygens (including phenoxy) is 2. The number of piperazine rings is 1. The van der Waals surface area contributed by atoms with Crippen molar-refractivity contribution in [1.29, 1.82) is 0 Å². The second-order valence-corrected chi connectivity index (χ2v) is 12.7. The predicted molar refractivity (Wildman–Crippen MR) is 178 cm³/mol. The molecule has 0 bridgehead atoms. The zero-order valence-electron chi connectivity index (χ0n) is 26.7. The number of aromatic nitrogens is 1. The molecule has 0 radical (unpaired) electrons. The fourth-order valence-electron chi connectivity index (χ4n) is 6.10. The number of amides is 3. The molecule has 17 heteroatoms. The van der Waals surface area contributed by atoms with Crippen LogP contribution in [0.2, 0.25) is 0 Å². The van der Waals surface area contributed by atoms with Gasteiger partial charge in [-0.3, -0.25) is 19.3 Å². The minimum absolute atomic E-state index is 0.0499. The first-order valence-corrected chi connectivity index (χ1v) is 16.7. The van der Waals surface area contributed by atoms with Gasteiger partial charge in [0.05, 0.1) is 11.2 Å².